The Balaban J connectivity index is 1.42. The summed E-state index contributed by atoms with van der Waals surface area (Å²) in [5.74, 6) is 0.529. The van der Waals surface area contributed by atoms with Gasteiger partial charge in [-0.15, -0.1) is 0 Å². The summed E-state index contributed by atoms with van der Waals surface area (Å²) in [5, 5.41) is 3.92. The molecule has 4 aromatic rings. The third kappa shape index (κ3) is 4.26. The number of aromatic nitrogens is 3. The topological polar surface area (TPSA) is 99.4 Å². The lowest BCUT2D eigenvalue weighted by Gasteiger charge is -2.30. The molecule has 0 spiro atoms. The Kier molecular flexibility index (Phi) is 5.46. The molecule has 3 aromatic heterocycles. The molecule has 5 rings (SSSR count). The average molecular weight is 465 g/mol. The number of nitrogens with zero attached hydrogens (tertiary/aromatic N) is 3. The summed E-state index contributed by atoms with van der Waals surface area (Å²) in [6.07, 6.45) is 2.20. The van der Waals surface area contributed by atoms with E-state index in [4.69, 9.17) is 18.9 Å². The van der Waals surface area contributed by atoms with E-state index in [1.54, 1.807) is 13.2 Å². The van der Waals surface area contributed by atoms with Gasteiger partial charge in [0.2, 0.25) is 11.6 Å². The normalized spacial score (nSPS) is 15.9. The minimum Gasteiger partial charge on any atom is -0.497 e. The molecular weight excluding hydrogens is 440 g/mol. The number of methoxy groups -OCH3 is 1. The zero-order valence-corrected chi connectivity index (χ0v) is 19.7. The standard InChI is InChI=1S/C24H24N4O4S/c1-13(21(29)27-15-6-5-7-16(9-15)30-4)33-23-20-19(25-12-26-23)17-8-14-11-31-24(2,3)10-18(14)28-22(17)32-20/h5-9,12-13H,10-11H2,1-4H3,(H,27,29)/t13-/m0/s1. The largest absolute Gasteiger partial charge is 0.497 e. The van der Waals surface area contributed by atoms with E-state index >= 15 is 0 Å². The van der Waals surface area contributed by atoms with Crippen LogP contribution >= 0.6 is 11.8 Å². The summed E-state index contributed by atoms with van der Waals surface area (Å²) in [4.78, 5) is 26.4. The third-order valence-corrected chi connectivity index (χ3v) is 6.67. The van der Waals surface area contributed by atoms with E-state index < -0.39 is 5.25 Å². The minimum atomic E-state index is -0.419. The molecule has 8 nitrogen and oxygen atoms in total. The Hall–Kier alpha value is -3.17. The van der Waals surface area contributed by atoms with Gasteiger partial charge in [-0.25, -0.2) is 15.0 Å². The van der Waals surface area contributed by atoms with Gasteiger partial charge in [0, 0.05) is 23.7 Å². The molecule has 1 aliphatic heterocycles. The molecule has 0 aliphatic carbocycles. The van der Waals surface area contributed by atoms with E-state index in [0.29, 0.717) is 46.3 Å². The van der Waals surface area contributed by atoms with Crippen LogP contribution in [0.2, 0.25) is 0 Å². The summed E-state index contributed by atoms with van der Waals surface area (Å²) in [6.45, 7) is 6.44. The number of thioether (sulfide) groups is 1. The molecule has 33 heavy (non-hydrogen) atoms. The van der Waals surface area contributed by atoms with Crippen molar-refractivity contribution in [3.8, 4) is 5.75 Å². The van der Waals surface area contributed by atoms with Crippen LogP contribution in [0.4, 0.5) is 5.69 Å². The summed E-state index contributed by atoms with van der Waals surface area (Å²) >= 11 is 1.32. The number of furan rings is 1. The van der Waals surface area contributed by atoms with Gasteiger partial charge in [-0.05, 0) is 39.0 Å². The van der Waals surface area contributed by atoms with Crippen molar-refractivity contribution in [3.05, 3.63) is 47.9 Å². The Morgan fingerprint density at radius 1 is 1.27 bits per heavy atom. The van der Waals surface area contributed by atoms with Gasteiger partial charge in [-0.2, -0.15) is 0 Å². The molecule has 0 saturated carbocycles. The van der Waals surface area contributed by atoms with Crippen molar-refractivity contribution in [1.82, 2.24) is 15.0 Å². The predicted octanol–water partition coefficient (Wildman–Crippen LogP) is 4.75. The van der Waals surface area contributed by atoms with E-state index in [1.165, 1.54) is 18.1 Å². The van der Waals surface area contributed by atoms with Gasteiger partial charge in [0.25, 0.3) is 0 Å². The lowest BCUT2D eigenvalue weighted by molar-refractivity contribution is -0.115. The molecule has 170 valence electrons. The number of rotatable bonds is 5. The smallest absolute Gasteiger partial charge is 0.237 e. The summed E-state index contributed by atoms with van der Waals surface area (Å²) < 4.78 is 17.3. The Labute approximate surface area is 195 Å². The number of hydrogen-bond donors (Lipinski definition) is 1. The Morgan fingerprint density at radius 2 is 2.12 bits per heavy atom. The fourth-order valence-corrected chi connectivity index (χ4v) is 4.67. The Bertz CT molecular complexity index is 1370. The van der Waals surface area contributed by atoms with Crippen LogP contribution in [-0.4, -0.2) is 38.8 Å². The second-order valence-electron chi connectivity index (χ2n) is 8.61. The van der Waals surface area contributed by atoms with Crippen molar-refractivity contribution >= 4 is 45.6 Å². The first-order valence-corrected chi connectivity index (χ1v) is 11.5. The van der Waals surface area contributed by atoms with Crippen LogP contribution in [-0.2, 0) is 22.6 Å². The highest BCUT2D eigenvalue weighted by atomic mass is 32.2. The molecule has 0 radical (unpaired) electrons. The van der Waals surface area contributed by atoms with Gasteiger partial charge in [-0.3, -0.25) is 4.79 Å². The van der Waals surface area contributed by atoms with Gasteiger partial charge >= 0.3 is 0 Å². The molecule has 0 fully saturated rings. The fourth-order valence-electron chi connectivity index (χ4n) is 3.81. The van der Waals surface area contributed by atoms with Crippen molar-refractivity contribution < 1.29 is 18.7 Å². The molecular formula is C24H24N4O4S. The molecule has 0 bridgehead atoms. The van der Waals surface area contributed by atoms with Crippen LogP contribution in [0, 0.1) is 0 Å². The molecule has 9 heteroatoms. The number of nitrogens with one attached hydrogen (secondary N) is 1. The monoisotopic (exact) mass is 464 g/mol. The van der Waals surface area contributed by atoms with Crippen LogP contribution in [0.25, 0.3) is 22.2 Å². The Morgan fingerprint density at radius 3 is 2.94 bits per heavy atom. The zero-order valence-electron chi connectivity index (χ0n) is 18.8. The second-order valence-corrected chi connectivity index (χ2v) is 9.94. The number of pyridine rings is 1. The first-order chi connectivity index (χ1) is 15.8. The number of hydrogen-bond acceptors (Lipinski definition) is 8. The van der Waals surface area contributed by atoms with E-state index in [2.05, 4.69) is 29.1 Å². The van der Waals surface area contributed by atoms with Crippen molar-refractivity contribution in [2.24, 2.45) is 0 Å². The van der Waals surface area contributed by atoms with E-state index in [9.17, 15) is 4.79 Å². The number of fused-ring (bicyclic) bond motifs is 4. The molecule has 1 aliphatic rings. The first-order valence-electron chi connectivity index (χ1n) is 10.6. The maximum Gasteiger partial charge on any atom is 0.237 e. The van der Waals surface area contributed by atoms with Gasteiger partial charge in [0.05, 0.1) is 35.6 Å². The quantitative estimate of drug-likeness (QED) is 0.334. The average Bonchev–Trinajstić information content (AvgIpc) is 3.15. The fraction of sp³-hybridized carbons (Fsp3) is 0.333. The van der Waals surface area contributed by atoms with E-state index in [0.717, 1.165) is 16.6 Å². The molecule has 4 heterocycles. The highest BCUT2D eigenvalue weighted by Gasteiger charge is 2.29. The number of benzene rings is 1. The molecule has 0 saturated heterocycles. The van der Waals surface area contributed by atoms with Crippen LogP contribution in [0.1, 0.15) is 32.0 Å². The van der Waals surface area contributed by atoms with Crippen molar-refractivity contribution in [1.29, 1.82) is 0 Å². The van der Waals surface area contributed by atoms with Crippen LogP contribution < -0.4 is 10.1 Å². The van der Waals surface area contributed by atoms with Crippen LogP contribution in [0.5, 0.6) is 5.75 Å². The number of amides is 1. The molecule has 0 unspecified atom stereocenters. The van der Waals surface area contributed by atoms with Crippen LogP contribution in [0.3, 0.4) is 0 Å². The van der Waals surface area contributed by atoms with Crippen molar-refractivity contribution in [2.45, 2.75) is 49.7 Å². The third-order valence-electron chi connectivity index (χ3n) is 5.59. The number of ether oxygens (including phenoxy) is 2. The summed E-state index contributed by atoms with van der Waals surface area (Å²) in [7, 11) is 1.59. The SMILES string of the molecule is COc1cccc(NC(=O)[C@H](C)Sc2ncnc3c2oc2nc4c(cc23)COC(C)(C)C4)c1. The van der Waals surface area contributed by atoms with Gasteiger partial charge in [0.1, 0.15) is 22.6 Å². The van der Waals surface area contributed by atoms with Crippen molar-refractivity contribution in [2.75, 3.05) is 12.4 Å². The van der Waals surface area contributed by atoms with Gasteiger partial charge in [-0.1, -0.05) is 17.8 Å². The number of anilines is 1. The van der Waals surface area contributed by atoms with Crippen LogP contribution in [0.15, 0.2) is 46.1 Å². The summed E-state index contributed by atoms with van der Waals surface area (Å²) in [6, 6.07) is 9.28. The molecule has 1 atom stereocenters. The highest BCUT2D eigenvalue weighted by molar-refractivity contribution is 8.00. The second kappa shape index (κ2) is 8.31. The minimum absolute atomic E-state index is 0.149. The highest BCUT2D eigenvalue weighted by Crippen LogP contribution is 2.36. The lowest BCUT2D eigenvalue weighted by Crippen LogP contribution is -2.32. The van der Waals surface area contributed by atoms with E-state index in [-0.39, 0.29) is 11.5 Å². The first kappa shape index (κ1) is 21.7. The van der Waals surface area contributed by atoms with Gasteiger partial charge < -0.3 is 19.2 Å². The summed E-state index contributed by atoms with van der Waals surface area (Å²) in [5.41, 5.74) is 4.18. The molecule has 1 amide bonds. The van der Waals surface area contributed by atoms with Crippen molar-refractivity contribution in [3.63, 3.8) is 0 Å². The predicted molar refractivity (Wildman–Crippen MR) is 127 cm³/mol. The lowest BCUT2D eigenvalue weighted by atomic mass is 9.95. The number of carbonyl (C=O) groups is 1. The molecule has 1 aromatic carbocycles. The van der Waals surface area contributed by atoms with E-state index in [1.807, 2.05) is 31.2 Å². The molecule has 1 N–H and O–H groups in total. The maximum absolute atomic E-state index is 12.8. The zero-order chi connectivity index (χ0) is 23.2. The maximum atomic E-state index is 12.8. The number of carbonyl (C=O) groups excluding carboxylic acids is 1. The van der Waals surface area contributed by atoms with Gasteiger partial charge in [0.15, 0.2) is 5.58 Å².